The molecule has 1 aromatic carbocycles. The molecule has 1 heterocycles. The van der Waals surface area contributed by atoms with E-state index in [1.54, 1.807) is 24.0 Å². The van der Waals surface area contributed by atoms with Crippen molar-refractivity contribution in [1.29, 1.82) is 0 Å². The Kier molecular flexibility index (Phi) is 3.84. The minimum Gasteiger partial charge on any atom is -0.393 e. The highest BCUT2D eigenvalue weighted by Gasteiger charge is 2.30. The number of nitrogens with one attached hydrogen (secondary N) is 1. The Bertz CT molecular complexity index is 434. The van der Waals surface area contributed by atoms with Crippen LogP contribution in [-0.4, -0.2) is 35.1 Å². The minimum absolute atomic E-state index is 0.0355. The lowest BCUT2D eigenvalue weighted by Crippen LogP contribution is -2.31. The normalized spacial score (nSPS) is 20.8. The molecule has 0 aromatic heterocycles. The molecule has 0 bridgehead atoms. The van der Waals surface area contributed by atoms with Crippen LogP contribution in [0, 0.1) is 5.92 Å². The fourth-order valence-electron chi connectivity index (χ4n) is 2.33. The van der Waals surface area contributed by atoms with Crippen LogP contribution in [0.5, 0.6) is 0 Å². The molecule has 5 nitrogen and oxygen atoms in total. The van der Waals surface area contributed by atoms with E-state index in [0.29, 0.717) is 24.3 Å². The number of carbonyl (C=O) groups is 1. The standard InChI is InChI=1S/C13H19N3O2/c1-9(17)10-6-7-16(8-10)13(18)11-4-2-3-5-12(11)15-14/h2-5,9-10,15,17H,6-8,14H2,1H3. The van der Waals surface area contributed by atoms with E-state index in [1.165, 1.54) is 0 Å². The van der Waals surface area contributed by atoms with Crippen LogP contribution >= 0.6 is 0 Å². The molecule has 0 spiro atoms. The van der Waals surface area contributed by atoms with Gasteiger partial charge in [-0.1, -0.05) is 12.1 Å². The first-order valence-corrected chi connectivity index (χ1v) is 6.16. The number of rotatable bonds is 3. The first kappa shape index (κ1) is 12.9. The summed E-state index contributed by atoms with van der Waals surface area (Å²) in [6.45, 7) is 3.07. The van der Waals surface area contributed by atoms with Gasteiger partial charge >= 0.3 is 0 Å². The van der Waals surface area contributed by atoms with Crippen molar-refractivity contribution in [3.63, 3.8) is 0 Å². The molecular weight excluding hydrogens is 230 g/mol. The van der Waals surface area contributed by atoms with Crippen LogP contribution in [0.4, 0.5) is 5.69 Å². The van der Waals surface area contributed by atoms with E-state index < -0.39 is 0 Å². The molecule has 1 amide bonds. The fourth-order valence-corrected chi connectivity index (χ4v) is 2.33. The maximum Gasteiger partial charge on any atom is 0.256 e. The van der Waals surface area contributed by atoms with Crippen molar-refractivity contribution in [3.8, 4) is 0 Å². The largest absolute Gasteiger partial charge is 0.393 e. The number of nitrogens with zero attached hydrogens (tertiary/aromatic N) is 1. The number of amides is 1. The number of hydrazine groups is 1. The second-order valence-corrected chi connectivity index (χ2v) is 4.73. The first-order chi connectivity index (χ1) is 8.63. The summed E-state index contributed by atoms with van der Waals surface area (Å²) < 4.78 is 0. The number of benzene rings is 1. The van der Waals surface area contributed by atoms with Crippen molar-refractivity contribution in [2.75, 3.05) is 18.5 Å². The Balaban J connectivity index is 2.13. The number of anilines is 1. The number of likely N-dealkylation sites (tertiary alicyclic amines) is 1. The summed E-state index contributed by atoms with van der Waals surface area (Å²) in [4.78, 5) is 14.1. The van der Waals surface area contributed by atoms with E-state index in [1.807, 2.05) is 12.1 Å². The third-order valence-electron chi connectivity index (χ3n) is 3.51. The second-order valence-electron chi connectivity index (χ2n) is 4.73. The number of hydrogen-bond donors (Lipinski definition) is 3. The van der Waals surface area contributed by atoms with E-state index in [9.17, 15) is 9.90 Å². The van der Waals surface area contributed by atoms with Gasteiger partial charge in [0.2, 0.25) is 0 Å². The van der Waals surface area contributed by atoms with Gasteiger partial charge in [0.05, 0.1) is 17.4 Å². The lowest BCUT2D eigenvalue weighted by atomic mass is 10.0. The minimum atomic E-state index is -0.370. The van der Waals surface area contributed by atoms with E-state index in [-0.39, 0.29) is 17.9 Å². The molecule has 1 aliphatic rings. The Morgan fingerprint density at radius 3 is 2.89 bits per heavy atom. The first-order valence-electron chi connectivity index (χ1n) is 6.16. The molecule has 98 valence electrons. The molecule has 4 N–H and O–H groups in total. The zero-order valence-corrected chi connectivity index (χ0v) is 10.5. The lowest BCUT2D eigenvalue weighted by molar-refractivity contribution is 0.0763. The van der Waals surface area contributed by atoms with Gasteiger partial charge in [0.25, 0.3) is 5.91 Å². The molecule has 2 unspecified atom stereocenters. The van der Waals surface area contributed by atoms with Gasteiger partial charge in [0.1, 0.15) is 0 Å². The van der Waals surface area contributed by atoms with Crippen LogP contribution in [0.15, 0.2) is 24.3 Å². The maximum atomic E-state index is 12.3. The number of para-hydroxylation sites is 1. The predicted octanol–water partition coefficient (Wildman–Crippen LogP) is 0.815. The lowest BCUT2D eigenvalue weighted by Gasteiger charge is -2.19. The Hall–Kier alpha value is -1.59. The molecule has 1 aliphatic heterocycles. The predicted molar refractivity (Wildman–Crippen MR) is 69.9 cm³/mol. The summed E-state index contributed by atoms with van der Waals surface area (Å²) >= 11 is 0. The van der Waals surface area contributed by atoms with Crippen LogP contribution in [0.1, 0.15) is 23.7 Å². The van der Waals surface area contributed by atoms with Gasteiger partial charge < -0.3 is 15.4 Å². The fraction of sp³-hybridized carbons (Fsp3) is 0.462. The Morgan fingerprint density at radius 1 is 1.56 bits per heavy atom. The second kappa shape index (κ2) is 5.37. The Morgan fingerprint density at radius 2 is 2.28 bits per heavy atom. The van der Waals surface area contributed by atoms with E-state index in [2.05, 4.69) is 5.43 Å². The van der Waals surface area contributed by atoms with Crippen LogP contribution < -0.4 is 11.3 Å². The summed E-state index contributed by atoms with van der Waals surface area (Å²) in [5.41, 5.74) is 3.74. The van der Waals surface area contributed by atoms with Gasteiger partial charge in [-0.15, -0.1) is 0 Å². The quantitative estimate of drug-likeness (QED) is 0.547. The third-order valence-corrected chi connectivity index (χ3v) is 3.51. The molecular formula is C13H19N3O2. The summed E-state index contributed by atoms with van der Waals surface area (Å²) in [5.74, 6) is 5.54. The molecule has 1 saturated heterocycles. The number of nitrogen functional groups attached to an aromatic ring is 1. The highest BCUT2D eigenvalue weighted by atomic mass is 16.3. The molecule has 0 radical (unpaired) electrons. The molecule has 1 aromatic rings. The van der Waals surface area contributed by atoms with E-state index >= 15 is 0 Å². The number of nitrogens with two attached hydrogens (primary N) is 1. The average Bonchev–Trinajstić information content (AvgIpc) is 2.87. The van der Waals surface area contributed by atoms with Crippen LogP contribution in [0.2, 0.25) is 0 Å². The van der Waals surface area contributed by atoms with Gasteiger partial charge in [0, 0.05) is 19.0 Å². The van der Waals surface area contributed by atoms with Gasteiger partial charge in [-0.2, -0.15) is 0 Å². The highest BCUT2D eigenvalue weighted by molar-refractivity contribution is 5.99. The van der Waals surface area contributed by atoms with Crippen molar-refractivity contribution in [3.05, 3.63) is 29.8 Å². The Labute approximate surface area is 107 Å². The van der Waals surface area contributed by atoms with Crippen molar-refractivity contribution in [1.82, 2.24) is 4.90 Å². The van der Waals surface area contributed by atoms with Gasteiger partial charge in [-0.25, -0.2) is 0 Å². The van der Waals surface area contributed by atoms with Crippen molar-refractivity contribution >= 4 is 11.6 Å². The van der Waals surface area contributed by atoms with Gasteiger partial charge in [-0.3, -0.25) is 10.6 Å². The molecule has 2 rings (SSSR count). The van der Waals surface area contributed by atoms with Crippen LogP contribution in [0.3, 0.4) is 0 Å². The molecule has 0 saturated carbocycles. The summed E-state index contributed by atoms with van der Waals surface area (Å²) in [6, 6.07) is 7.17. The van der Waals surface area contributed by atoms with Crippen molar-refractivity contribution in [2.45, 2.75) is 19.4 Å². The number of aliphatic hydroxyl groups excluding tert-OH is 1. The molecule has 0 aliphatic carbocycles. The van der Waals surface area contributed by atoms with E-state index in [4.69, 9.17) is 5.84 Å². The van der Waals surface area contributed by atoms with Gasteiger partial charge in [0.15, 0.2) is 0 Å². The van der Waals surface area contributed by atoms with Crippen LogP contribution in [-0.2, 0) is 0 Å². The number of aliphatic hydroxyl groups is 1. The van der Waals surface area contributed by atoms with Crippen LogP contribution in [0.25, 0.3) is 0 Å². The zero-order chi connectivity index (χ0) is 13.1. The highest BCUT2D eigenvalue weighted by Crippen LogP contribution is 2.23. The SMILES string of the molecule is CC(O)C1CCN(C(=O)c2ccccc2NN)C1. The van der Waals surface area contributed by atoms with E-state index in [0.717, 1.165) is 6.42 Å². The van der Waals surface area contributed by atoms with Crippen molar-refractivity contribution < 1.29 is 9.90 Å². The topological polar surface area (TPSA) is 78.6 Å². The number of carbonyl (C=O) groups excluding carboxylic acids is 1. The summed E-state index contributed by atoms with van der Waals surface area (Å²) in [7, 11) is 0. The van der Waals surface area contributed by atoms with Gasteiger partial charge in [-0.05, 0) is 25.5 Å². The maximum absolute atomic E-state index is 12.3. The third kappa shape index (κ3) is 2.47. The summed E-state index contributed by atoms with van der Waals surface area (Å²) in [5, 5.41) is 9.55. The molecule has 1 fully saturated rings. The molecule has 18 heavy (non-hydrogen) atoms. The monoisotopic (exact) mass is 249 g/mol. The smallest absolute Gasteiger partial charge is 0.256 e. The molecule has 2 atom stereocenters. The average molecular weight is 249 g/mol. The summed E-state index contributed by atoms with van der Waals surface area (Å²) in [6.07, 6.45) is 0.479. The van der Waals surface area contributed by atoms with Crippen molar-refractivity contribution in [2.24, 2.45) is 11.8 Å². The number of hydrogen-bond acceptors (Lipinski definition) is 4. The zero-order valence-electron chi connectivity index (χ0n) is 10.5. The molecule has 5 heteroatoms.